The summed E-state index contributed by atoms with van der Waals surface area (Å²) >= 11 is 0. The zero-order chi connectivity index (χ0) is 23.1. The summed E-state index contributed by atoms with van der Waals surface area (Å²) in [6.07, 6.45) is -2.39. The first-order valence-corrected chi connectivity index (χ1v) is 9.41. The average Bonchev–Trinajstić information content (AvgIpc) is 2.76. The summed E-state index contributed by atoms with van der Waals surface area (Å²) in [7, 11) is 1.56. The number of para-hydroxylation sites is 1. The van der Waals surface area contributed by atoms with Crippen molar-refractivity contribution in [3.8, 4) is 28.4 Å². The molecule has 0 radical (unpaired) electrons. The van der Waals surface area contributed by atoms with Crippen LogP contribution in [0.1, 0.15) is 11.1 Å². The van der Waals surface area contributed by atoms with E-state index in [1.807, 2.05) is 18.2 Å². The Kier molecular flexibility index (Phi) is 7.04. The van der Waals surface area contributed by atoms with Crippen molar-refractivity contribution in [2.75, 3.05) is 7.11 Å². The third kappa shape index (κ3) is 6.28. The van der Waals surface area contributed by atoms with Crippen LogP contribution < -0.4 is 14.2 Å². The lowest BCUT2D eigenvalue weighted by Gasteiger charge is -2.14. The van der Waals surface area contributed by atoms with Gasteiger partial charge in [0.25, 0.3) is 0 Å². The van der Waals surface area contributed by atoms with Crippen LogP contribution in [0.25, 0.3) is 17.2 Å². The minimum Gasteiger partial charge on any atom is -0.496 e. The van der Waals surface area contributed by atoms with Gasteiger partial charge in [0, 0.05) is 17.2 Å². The molecule has 0 aliphatic rings. The minimum absolute atomic E-state index is 0.195. The largest absolute Gasteiger partial charge is 0.573 e. The first-order valence-electron chi connectivity index (χ1n) is 9.41. The predicted molar refractivity (Wildman–Crippen MR) is 113 cm³/mol. The summed E-state index contributed by atoms with van der Waals surface area (Å²) in [5.41, 5.74) is 2.60. The van der Waals surface area contributed by atoms with Gasteiger partial charge >= 0.3 is 12.3 Å². The van der Waals surface area contributed by atoms with E-state index < -0.39 is 12.3 Å². The molecule has 0 saturated heterocycles. The molecule has 0 bridgehead atoms. The van der Waals surface area contributed by atoms with Gasteiger partial charge in [-0.3, -0.25) is 0 Å². The Morgan fingerprint density at radius 3 is 2.31 bits per heavy atom. The zero-order valence-corrected chi connectivity index (χ0v) is 16.9. The van der Waals surface area contributed by atoms with E-state index in [1.165, 1.54) is 30.3 Å². The molecular weight excluding hydrogens is 425 g/mol. The lowest BCUT2D eigenvalue weighted by atomic mass is 10.0. The molecule has 0 aliphatic carbocycles. The van der Waals surface area contributed by atoms with Crippen molar-refractivity contribution in [2.45, 2.75) is 13.0 Å². The Bertz CT molecular complexity index is 1110. The van der Waals surface area contributed by atoms with E-state index >= 15 is 0 Å². The fourth-order valence-electron chi connectivity index (χ4n) is 2.98. The van der Waals surface area contributed by atoms with Gasteiger partial charge in [-0.05, 0) is 47.5 Å². The number of carboxylic acid groups (broad SMARTS) is 1. The minimum atomic E-state index is -4.77. The lowest BCUT2D eigenvalue weighted by molar-refractivity contribution is -0.274. The van der Waals surface area contributed by atoms with Crippen molar-refractivity contribution in [3.05, 3.63) is 83.9 Å². The summed E-state index contributed by atoms with van der Waals surface area (Å²) in [6, 6.07) is 17.8. The number of benzene rings is 3. The normalized spacial score (nSPS) is 11.4. The molecule has 1 N–H and O–H groups in total. The van der Waals surface area contributed by atoms with Gasteiger partial charge in [0.15, 0.2) is 0 Å². The molecule has 3 rings (SSSR count). The molecule has 0 saturated carbocycles. The van der Waals surface area contributed by atoms with Gasteiger partial charge in [-0.25, -0.2) is 4.79 Å². The maximum atomic E-state index is 12.4. The molecule has 0 unspecified atom stereocenters. The topological polar surface area (TPSA) is 65.0 Å². The third-order valence-corrected chi connectivity index (χ3v) is 4.41. The highest BCUT2D eigenvalue weighted by Gasteiger charge is 2.30. The van der Waals surface area contributed by atoms with Crippen molar-refractivity contribution in [1.29, 1.82) is 0 Å². The molecular formula is C24H19F3O5. The van der Waals surface area contributed by atoms with Crippen LogP contribution in [0.3, 0.4) is 0 Å². The smallest absolute Gasteiger partial charge is 0.496 e. The number of methoxy groups -OCH3 is 1. The molecule has 3 aromatic carbocycles. The van der Waals surface area contributed by atoms with Gasteiger partial charge in [-0.1, -0.05) is 36.4 Å². The Hall–Kier alpha value is -3.94. The third-order valence-electron chi connectivity index (χ3n) is 4.41. The number of hydrogen-bond donors (Lipinski definition) is 1. The molecule has 0 aromatic heterocycles. The van der Waals surface area contributed by atoms with Crippen LogP contribution in [0.5, 0.6) is 17.2 Å². The highest BCUT2D eigenvalue weighted by Crippen LogP contribution is 2.31. The van der Waals surface area contributed by atoms with E-state index in [1.54, 1.807) is 31.4 Å². The molecule has 0 atom stereocenters. The fraction of sp³-hybridized carbons (Fsp3) is 0.125. The molecule has 32 heavy (non-hydrogen) atoms. The molecule has 0 heterocycles. The summed E-state index contributed by atoms with van der Waals surface area (Å²) in [5, 5.41) is 9.00. The number of hydrogen-bond acceptors (Lipinski definition) is 4. The molecule has 0 aliphatic heterocycles. The number of rotatable bonds is 8. The Balaban J connectivity index is 1.87. The van der Waals surface area contributed by atoms with Crippen molar-refractivity contribution in [3.63, 3.8) is 0 Å². The van der Waals surface area contributed by atoms with Crippen LogP contribution in [0.4, 0.5) is 13.2 Å². The monoisotopic (exact) mass is 444 g/mol. The van der Waals surface area contributed by atoms with E-state index in [9.17, 15) is 18.0 Å². The SMILES string of the molecule is COc1ccccc1COc1ccc(-c2ccc(OC(F)(F)F)cc2)cc1C=CC(=O)O. The Labute approximate surface area is 182 Å². The average molecular weight is 444 g/mol. The number of halogens is 3. The summed E-state index contributed by atoms with van der Waals surface area (Å²) in [6.45, 7) is 0.195. The van der Waals surface area contributed by atoms with Crippen LogP contribution >= 0.6 is 0 Å². The zero-order valence-electron chi connectivity index (χ0n) is 16.9. The molecule has 8 heteroatoms. The van der Waals surface area contributed by atoms with Gasteiger partial charge < -0.3 is 19.3 Å². The molecule has 0 amide bonds. The molecule has 166 valence electrons. The first-order chi connectivity index (χ1) is 15.2. The van der Waals surface area contributed by atoms with Crippen molar-refractivity contribution >= 4 is 12.0 Å². The van der Waals surface area contributed by atoms with E-state index in [0.717, 1.165) is 11.6 Å². The molecule has 3 aromatic rings. The standard InChI is InChI=1S/C24H19F3O5/c1-30-21-5-3-2-4-19(21)15-31-22-12-8-17(14-18(22)9-13-23(28)29)16-6-10-20(11-7-16)32-24(25,26)27/h2-14H,15H2,1H3,(H,28,29). The van der Waals surface area contributed by atoms with E-state index in [2.05, 4.69) is 4.74 Å². The van der Waals surface area contributed by atoms with E-state index in [0.29, 0.717) is 28.2 Å². The van der Waals surface area contributed by atoms with Crippen LogP contribution in [-0.2, 0) is 11.4 Å². The predicted octanol–water partition coefficient (Wildman–Crippen LogP) is 5.94. The highest BCUT2D eigenvalue weighted by molar-refractivity contribution is 5.86. The molecule has 5 nitrogen and oxygen atoms in total. The van der Waals surface area contributed by atoms with Crippen LogP contribution in [0.2, 0.25) is 0 Å². The number of aliphatic carboxylic acids is 1. The maximum Gasteiger partial charge on any atom is 0.573 e. The van der Waals surface area contributed by atoms with Crippen LogP contribution in [-0.4, -0.2) is 24.5 Å². The first kappa shape index (κ1) is 22.7. The molecule has 0 fully saturated rings. The second-order valence-electron chi connectivity index (χ2n) is 6.60. The van der Waals surface area contributed by atoms with Gasteiger partial charge in [0.05, 0.1) is 7.11 Å². The molecule has 0 spiro atoms. The van der Waals surface area contributed by atoms with Crippen molar-refractivity contribution < 1.29 is 37.3 Å². The fourth-order valence-corrected chi connectivity index (χ4v) is 2.98. The quantitative estimate of drug-likeness (QED) is 0.436. The number of alkyl halides is 3. The van der Waals surface area contributed by atoms with Crippen LogP contribution in [0.15, 0.2) is 72.8 Å². The number of ether oxygens (including phenoxy) is 3. The number of carbonyl (C=O) groups is 1. The maximum absolute atomic E-state index is 12.4. The lowest BCUT2D eigenvalue weighted by Crippen LogP contribution is -2.16. The van der Waals surface area contributed by atoms with Gasteiger partial charge in [-0.2, -0.15) is 0 Å². The second kappa shape index (κ2) is 9.91. The number of carboxylic acids is 1. The van der Waals surface area contributed by atoms with Gasteiger partial charge in [0.2, 0.25) is 0 Å². The second-order valence-corrected chi connectivity index (χ2v) is 6.60. The summed E-state index contributed by atoms with van der Waals surface area (Å²) in [5.74, 6) is -0.356. The van der Waals surface area contributed by atoms with E-state index in [4.69, 9.17) is 14.6 Å². The Morgan fingerprint density at radius 2 is 1.66 bits per heavy atom. The van der Waals surface area contributed by atoms with Gasteiger partial charge in [0.1, 0.15) is 23.9 Å². The summed E-state index contributed by atoms with van der Waals surface area (Å²) in [4.78, 5) is 11.0. The van der Waals surface area contributed by atoms with Gasteiger partial charge in [-0.15, -0.1) is 13.2 Å². The highest BCUT2D eigenvalue weighted by atomic mass is 19.4. The van der Waals surface area contributed by atoms with E-state index in [-0.39, 0.29) is 12.4 Å². The van der Waals surface area contributed by atoms with Crippen molar-refractivity contribution in [1.82, 2.24) is 0 Å². The Morgan fingerprint density at radius 1 is 0.969 bits per heavy atom. The summed E-state index contributed by atoms with van der Waals surface area (Å²) < 4.78 is 52.2. The van der Waals surface area contributed by atoms with Crippen molar-refractivity contribution in [2.24, 2.45) is 0 Å². The van der Waals surface area contributed by atoms with Crippen LogP contribution in [0, 0.1) is 0 Å².